The van der Waals surface area contributed by atoms with Crippen LogP contribution < -0.4 is 5.73 Å². The van der Waals surface area contributed by atoms with E-state index in [4.69, 9.17) is 17.3 Å². The second-order valence-corrected chi connectivity index (χ2v) is 6.76. The summed E-state index contributed by atoms with van der Waals surface area (Å²) in [5.41, 5.74) is 7.08. The molecule has 0 aromatic heterocycles. The van der Waals surface area contributed by atoms with Crippen molar-refractivity contribution in [2.75, 3.05) is 6.54 Å². The van der Waals surface area contributed by atoms with E-state index in [1.54, 1.807) is 12.1 Å². The molecule has 0 radical (unpaired) electrons. The lowest BCUT2D eigenvalue weighted by molar-refractivity contribution is 0.150. The highest BCUT2D eigenvalue weighted by atomic mass is 35.5. The molecule has 1 fully saturated rings. The van der Waals surface area contributed by atoms with Gasteiger partial charge in [-0.3, -0.25) is 0 Å². The Balaban J connectivity index is 2.07. The van der Waals surface area contributed by atoms with Crippen molar-refractivity contribution in [2.24, 2.45) is 17.1 Å². The monoisotopic (exact) mass is 297 g/mol. The summed E-state index contributed by atoms with van der Waals surface area (Å²) in [6, 6.07) is 4.64. The van der Waals surface area contributed by atoms with Crippen LogP contribution in [-0.4, -0.2) is 6.54 Å². The fourth-order valence-electron chi connectivity index (χ4n) is 3.52. The normalized spacial score (nSPS) is 26.7. The Bertz CT molecular complexity index is 439. The first-order valence-electron chi connectivity index (χ1n) is 7.72. The number of benzene rings is 1. The molecule has 0 unspecified atom stereocenters. The minimum atomic E-state index is -0.212. The highest BCUT2D eigenvalue weighted by Crippen LogP contribution is 2.43. The van der Waals surface area contributed by atoms with Gasteiger partial charge in [0.15, 0.2) is 0 Å². The van der Waals surface area contributed by atoms with E-state index in [9.17, 15) is 4.39 Å². The Hall–Kier alpha value is -0.600. The Morgan fingerprint density at radius 1 is 1.35 bits per heavy atom. The SMILES string of the molecule is CCCC1CCC(CN)(Cc2cc(F)ccc2Cl)CC1. The van der Waals surface area contributed by atoms with Gasteiger partial charge in [0.25, 0.3) is 0 Å². The molecule has 0 saturated heterocycles. The second kappa shape index (κ2) is 6.91. The molecule has 1 aliphatic rings. The fourth-order valence-corrected chi connectivity index (χ4v) is 3.71. The lowest BCUT2D eigenvalue weighted by Crippen LogP contribution is -2.37. The van der Waals surface area contributed by atoms with Gasteiger partial charge >= 0.3 is 0 Å². The van der Waals surface area contributed by atoms with Crippen LogP contribution in [0.4, 0.5) is 4.39 Å². The maximum Gasteiger partial charge on any atom is 0.123 e. The van der Waals surface area contributed by atoms with E-state index in [0.717, 1.165) is 30.7 Å². The maximum absolute atomic E-state index is 13.4. The lowest BCUT2D eigenvalue weighted by Gasteiger charge is -2.40. The lowest BCUT2D eigenvalue weighted by atomic mass is 9.67. The smallest absolute Gasteiger partial charge is 0.123 e. The van der Waals surface area contributed by atoms with Crippen LogP contribution in [0.1, 0.15) is 51.0 Å². The Kier molecular flexibility index (Phi) is 5.45. The molecule has 2 rings (SSSR count). The summed E-state index contributed by atoms with van der Waals surface area (Å²) in [7, 11) is 0. The zero-order valence-corrected chi connectivity index (χ0v) is 13.1. The van der Waals surface area contributed by atoms with Crippen LogP contribution >= 0.6 is 11.6 Å². The molecule has 0 aliphatic heterocycles. The van der Waals surface area contributed by atoms with Crippen LogP contribution in [0.15, 0.2) is 18.2 Å². The second-order valence-electron chi connectivity index (χ2n) is 6.35. The molecule has 1 nitrogen and oxygen atoms in total. The molecule has 3 heteroatoms. The highest BCUT2D eigenvalue weighted by molar-refractivity contribution is 6.31. The van der Waals surface area contributed by atoms with Gasteiger partial charge in [0.05, 0.1) is 0 Å². The predicted molar refractivity (Wildman–Crippen MR) is 83.5 cm³/mol. The van der Waals surface area contributed by atoms with Crippen LogP contribution in [0, 0.1) is 17.2 Å². The summed E-state index contributed by atoms with van der Waals surface area (Å²) < 4.78 is 13.4. The summed E-state index contributed by atoms with van der Waals surface area (Å²) >= 11 is 6.21. The van der Waals surface area contributed by atoms with Crippen LogP contribution in [0.5, 0.6) is 0 Å². The summed E-state index contributed by atoms with van der Waals surface area (Å²) in [6.45, 7) is 2.91. The van der Waals surface area contributed by atoms with Gasteiger partial charge in [-0.15, -0.1) is 0 Å². The van der Waals surface area contributed by atoms with Gasteiger partial charge in [0, 0.05) is 5.02 Å². The first-order valence-corrected chi connectivity index (χ1v) is 8.10. The average molecular weight is 298 g/mol. The molecule has 0 bridgehead atoms. The van der Waals surface area contributed by atoms with E-state index in [2.05, 4.69) is 6.92 Å². The van der Waals surface area contributed by atoms with E-state index in [1.165, 1.54) is 31.7 Å². The van der Waals surface area contributed by atoms with Gasteiger partial charge in [0.1, 0.15) is 5.82 Å². The molecule has 1 saturated carbocycles. The van der Waals surface area contributed by atoms with Crippen molar-refractivity contribution in [3.8, 4) is 0 Å². The zero-order chi connectivity index (χ0) is 14.6. The van der Waals surface area contributed by atoms with Gasteiger partial charge in [-0.05, 0) is 73.7 Å². The molecule has 0 atom stereocenters. The van der Waals surface area contributed by atoms with E-state index in [0.29, 0.717) is 11.6 Å². The summed E-state index contributed by atoms with van der Waals surface area (Å²) in [6.07, 6.45) is 8.16. The van der Waals surface area contributed by atoms with Gasteiger partial charge in [-0.1, -0.05) is 31.4 Å². The van der Waals surface area contributed by atoms with Crippen LogP contribution in [0.25, 0.3) is 0 Å². The molecule has 0 heterocycles. The molecule has 0 spiro atoms. The average Bonchev–Trinajstić information content (AvgIpc) is 2.45. The van der Waals surface area contributed by atoms with Crippen LogP contribution in [-0.2, 0) is 6.42 Å². The van der Waals surface area contributed by atoms with Crippen molar-refractivity contribution in [3.63, 3.8) is 0 Å². The molecular weight excluding hydrogens is 273 g/mol. The third-order valence-electron chi connectivity index (χ3n) is 4.87. The Labute approximate surface area is 126 Å². The largest absolute Gasteiger partial charge is 0.330 e. The summed E-state index contributed by atoms with van der Waals surface area (Å²) in [5, 5.41) is 0.662. The minimum absolute atomic E-state index is 0.113. The van der Waals surface area contributed by atoms with Crippen molar-refractivity contribution >= 4 is 11.6 Å². The molecule has 1 aliphatic carbocycles. The fraction of sp³-hybridized carbons (Fsp3) is 0.647. The van der Waals surface area contributed by atoms with Crippen molar-refractivity contribution < 1.29 is 4.39 Å². The van der Waals surface area contributed by atoms with Crippen LogP contribution in [0.2, 0.25) is 5.02 Å². The molecule has 2 N–H and O–H groups in total. The summed E-state index contributed by atoms with van der Waals surface area (Å²) in [5.74, 6) is 0.638. The van der Waals surface area contributed by atoms with Crippen molar-refractivity contribution in [1.82, 2.24) is 0 Å². The topological polar surface area (TPSA) is 26.0 Å². The minimum Gasteiger partial charge on any atom is -0.330 e. The first-order chi connectivity index (χ1) is 9.58. The van der Waals surface area contributed by atoms with Crippen molar-refractivity contribution in [3.05, 3.63) is 34.6 Å². The van der Waals surface area contributed by atoms with E-state index >= 15 is 0 Å². The number of halogens is 2. The third-order valence-corrected chi connectivity index (χ3v) is 5.24. The number of hydrogen-bond donors (Lipinski definition) is 1. The first kappa shape index (κ1) is 15.8. The Morgan fingerprint density at radius 3 is 2.65 bits per heavy atom. The summed E-state index contributed by atoms with van der Waals surface area (Å²) in [4.78, 5) is 0. The van der Waals surface area contributed by atoms with Gasteiger partial charge in [-0.2, -0.15) is 0 Å². The van der Waals surface area contributed by atoms with E-state index < -0.39 is 0 Å². The van der Waals surface area contributed by atoms with Gasteiger partial charge in [0.2, 0.25) is 0 Å². The van der Waals surface area contributed by atoms with E-state index in [1.807, 2.05) is 0 Å². The zero-order valence-electron chi connectivity index (χ0n) is 12.3. The maximum atomic E-state index is 13.4. The standard InChI is InChI=1S/C17H25ClFN/c1-2-3-13-6-8-17(12-20,9-7-13)11-14-10-15(19)4-5-16(14)18/h4-5,10,13H,2-3,6-9,11-12,20H2,1H3. The van der Waals surface area contributed by atoms with Crippen molar-refractivity contribution in [1.29, 1.82) is 0 Å². The third kappa shape index (κ3) is 3.73. The van der Waals surface area contributed by atoms with Crippen molar-refractivity contribution in [2.45, 2.75) is 51.9 Å². The molecule has 1 aromatic rings. The number of nitrogens with two attached hydrogens (primary N) is 1. The number of hydrogen-bond acceptors (Lipinski definition) is 1. The molecular formula is C17H25ClFN. The Morgan fingerprint density at radius 2 is 2.05 bits per heavy atom. The molecule has 20 heavy (non-hydrogen) atoms. The van der Waals surface area contributed by atoms with Gasteiger partial charge < -0.3 is 5.73 Å². The molecule has 112 valence electrons. The quantitative estimate of drug-likeness (QED) is 0.817. The molecule has 0 amide bonds. The number of rotatable bonds is 5. The van der Waals surface area contributed by atoms with Gasteiger partial charge in [-0.25, -0.2) is 4.39 Å². The van der Waals surface area contributed by atoms with Crippen LogP contribution in [0.3, 0.4) is 0 Å². The molecule has 1 aromatic carbocycles. The predicted octanol–water partition coefficient (Wildman–Crippen LogP) is 4.96. The highest BCUT2D eigenvalue weighted by Gasteiger charge is 2.34. The van der Waals surface area contributed by atoms with E-state index in [-0.39, 0.29) is 11.2 Å².